The second-order valence-corrected chi connectivity index (χ2v) is 8.98. The highest BCUT2D eigenvalue weighted by Gasteiger charge is 2.48. The van der Waals surface area contributed by atoms with Crippen LogP contribution in [0, 0.1) is 6.92 Å². The molecular formula is C23H24ClNO5S. The van der Waals surface area contributed by atoms with Crippen LogP contribution in [-0.4, -0.2) is 47.6 Å². The number of carbonyl (C=O) groups excluding carboxylic acids is 2. The number of hydrogen-bond donors (Lipinski definition) is 1. The molecule has 164 valence electrons. The van der Waals surface area contributed by atoms with Gasteiger partial charge in [-0.25, -0.2) is 0 Å². The first-order valence-corrected chi connectivity index (χ1v) is 11.5. The summed E-state index contributed by atoms with van der Waals surface area (Å²) in [6.07, 6.45) is 1.64. The van der Waals surface area contributed by atoms with Crippen molar-refractivity contribution in [2.45, 2.75) is 38.8 Å². The van der Waals surface area contributed by atoms with E-state index < -0.39 is 17.7 Å². The second kappa shape index (κ2) is 9.02. The number of benzene rings is 1. The molecule has 0 spiro atoms. The van der Waals surface area contributed by atoms with Crippen molar-refractivity contribution in [1.82, 2.24) is 4.90 Å². The number of likely N-dealkylation sites (tertiary alicyclic amines) is 1. The van der Waals surface area contributed by atoms with Crippen LogP contribution in [-0.2, 0) is 14.3 Å². The summed E-state index contributed by atoms with van der Waals surface area (Å²) in [7, 11) is 0. The molecule has 3 heterocycles. The third-order valence-corrected chi connectivity index (χ3v) is 7.02. The Morgan fingerprint density at radius 2 is 2.16 bits per heavy atom. The molecule has 0 aliphatic carbocycles. The van der Waals surface area contributed by atoms with E-state index in [4.69, 9.17) is 21.1 Å². The Morgan fingerprint density at radius 1 is 1.35 bits per heavy atom. The van der Waals surface area contributed by atoms with E-state index in [2.05, 4.69) is 0 Å². The number of aryl methyl sites for hydroxylation is 1. The Balaban J connectivity index is 1.84. The van der Waals surface area contributed by atoms with Gasteiger partial charge in [-0.05, 0) is 61.9 Å². The molecule has 2 fully saturated rings. The van der Waals surface area contributed by atoms with Crippen LogP contribution in [0.1, 0.15) is 41.8 Å². The molecule has 4 rings (SSSR count). The zero-order chi connectivity index (χ0) is 22.1. The van der Waals surface area contributed by atoms with Crippen molar-refractivity contribution in [2.24, 2.45) is 0 Å². The molecule has 1 aromatic heterocycles. The van der Waals surface area contributed by atoms with Gasteiger partial charge < -0.3 is 19.5 Å². The number of aliphatic hydroxyl groups is 1. The fourth-order valence-electron chi connectivity index (χ4n) is 4.10. The minimum atomic E-state index is -0.717. The van der Waals surface area contributed by atoms with Gasteiger partial charge in [0.05, 0.1) is 29.3 Å². The number of Topliss-reactive ketones (excluding diaryl/α,β-unsaturated/α-hetero) is 1. The monoisotopic (exact) mass is 461 g/mol. The smallest absolute Gasteiger partial charge is 0.295 e. The quantitative estimate of drug-likeness (QED) is 0.383. The van der Waals surface area contributed by atoms with Crippen molar-refractivity contribution in [1.29, 1.82) is 0 Å². The van der Waals surface area contributed by atoms with Crippen LogP contribution < -0.4 is 4.74 Å². The van der Waals surface area contributed by atoms with Crippen LogP contribution in [0.5, 0.6) is 5.75 Å². The van der Waals surface area contributed by atoms with E-state index in [-0.39, 0.29) is 28.0 Å². The SMILES string of the molecule is CCOc1ccc(Cl)c(/C(O)=C2\C(=O)C(=O)N(CC3CCCO3)C2c2sccc2C)c1. The molecule has 31 heavy (non-hydrogen) atoms. The minimum absolute atomic E-state index is 0.0455. The molecule has 0 bridgehead atoms. The Morgan fingerprint density at radius 3 is 2.81 bits per heavy atom. The number of halogens is 1. The van der Waals surface area contributed by atoms with Crippen LogP contribution in [0.4, 0.5) is 0 Å². The lowest BCUT2D eigenvalue weighted by Gasteiger charge is -2.27. The third-order valence-electron chi connectivity index (χ3n) is 5.62. The zero-order valence-electron chi connectivity index (χ0n) is 17.4. The van der Waals surface area contributed by atoms with Gasteiger partial charge in [0.15, 0.2) is 0 Å². The van der Waals surface area contributed by atoms with E-state index in [1.54, 1.807) is 18.2 Å². The number of amides is 1. The Bertz CT molecular complexity index is 1040. The lowest BCUT2D eigenvalue weighted by Crippen LogP contribution is -2.36. The van der Waals surface area contributed by atoms with Gasteiger partial charge in [-0.3, -0.25) is 9.59 Å². The maximum Gasteiger partial charge on any atom is 0.295 e. The third kappa shape index (κ3) is 4.10. The van der Waals surface area contributed by atoms with Gasteiger partial charge in [0.25, 0.3) is 11.7 Å². The Labute approximate surface area is 190 Å². The summed E-state index contributed by atoms with van der Waals surface area (Å²) in [5, 5.41) is 13.4. The highest BCUT2D eigenvalue weighted by Crippen LogP contribution is 2.44. The van der Waals surface area contributed by atoms with E-state index in [9.17, 15) is 14.7 Å². The van der Waals surface area contributed by atoms with Gasteiger partial charge in [0, 0.05) is 23.6 Å². The fraction of sp³-hybridized carbons (Fsp3) is 0.391. The highest BCUT2D eigenvalue weighted by molar-refractivity contribution is 7.10. The van der Waals surface area contributed by atoms with E-state index in [0.717, 1.165) is 23.3 Å². The maximum atomic E-state index is 13.1. The number of aliphatic hydroxyl groups excluding tert-OH is 1. The first-order valence-electron chi connectivity index (χ1n) is 10.3. The molecular weight excluding hydrogens is 438 g/mol. The van der Waals surface area contributed by atoms with Crippen molar-refractivity contribution in [3.05, 3.63) is 56.2 Å². The van der Waals surface area contributed by atoms with E-state index in [1.165, 1.54) is 16.2 Å². The summed E-state index contributed by atoms with van der Waals surface area (Å²) < 4.78 is 11.2. The van der Waals surface area contributed by atoms with Gasteiger partial charge in [-0.1, -0.05) is 11.6 Å². The van der Waals surface area contributed by atoms with Crippen molar-refractivity contribution in [3.63, 3.8) is 0 Å². The van der Waals surface area contributed by atoms with Crippen molar-refractivity contribution >= 4 is 40.4 Å². The molecule has 2 aliphatic rings. The number of thiophene rings is 1. The first-order chi connectivity index (χ1) is 14.9. The van der Waals surface area contributed by atoms with Gasteiger partial charge in [-0.15, -0.1) is 11.3 Å². The van der Waals surface area contributed by atoms with E-state index in [0.29, 0.717) is 25.5 Å². The topological polar surface area (TPSA) is 76.1 Å². The van der Waals surface area contributed by atoms with Crippen LogP contribution in [0.2, 0.25) is 5.02 Å². The van der Waals surface area contributed by atoms with Crippen molar-refractivity contribution < 1.29 is 24.2 Å². The molecule has 2 atom stereocenters. The Hall–Kier alpha value is -2.35. The highest BCUT2D eigenvalue weighted by atomic mass is 35.5. The zero-order valence-corrected chi connectivity index (χ0v) is 19.0. The number of carbonyl (C=O) groups is 2. The molecule has 2 unspecified atom stereocenters. The Kier molecular flexibility index (Phi) is 6.36. The molecule has 1 N–H and O–H groups in total. The molecule has 2 aromatic rings. The van der Waals surface area contributed by atoms with E-state index in [1.807, 2.05) is 25.3 Å². The number of ketones is 1. The predicted octanol–water partition coefficient (Wildman–Crippen LogP) is 4.71. The summed E-state index contributed by atoms with van der Waals surface area (Å²) in [4.78, 5) is 28.5. The minimum Gasteiger partial charge on any atom is -0.507 e. The molecule has 0 radical (unpaired) electrons. The van der Waals surface area contributed by atoms with Gasteiger partial charge in [0.1, 0.15) is 11.5 Å². The average molecular weight is 462 g/mol. The molecule has 0 saturated carbocycles. The van der Waals surface area contributed by atoms with Crippen molar-refractivity contribution in [2.75, 3.05) is 19.8 Å². The van der Waals surface area contributed by atoms with Crippen molar-refractivity contribution in [3.8, 4) is 5.75 Å². The molecule has 2 saturated heterocycles. The first kappa shape index (κ1) is 21.9. The van der Waals surface area contributed by atoms with Crippen LogP contribution in [0.15, 0.2) is 35.2 Å². The summed E-state index contributed by atoms with van der Waals surface area (Å²) in [5.74, 6) is -1.12. The molecule has 2 aliphatic heterocycles. The standard InChI is InChI=1S/C23H24ClNO5S/c1-3-29-14-6-7-17(24)16(11-14)20(26)18-19(22-13(2)8-10-31-22)25(23(28)21(18)27)12-15-5-4-9-30-15/h6-8,10-11,15,19,26H,3-5,9,12H2,1-2H3/b20-18+. The average Bonchev–Trinajstić information content (AvgIpc) is 3.46. The second-order valence-electron chi connectivity index (χ2n) is 7.63. The molecule has 6 nitrogen and oxygen atoms in total. The van der Waals surface area contributed by atoms with Gasteiger partial charge in [0.2, 0.25) is 0 Å². The van der Waals surface area contributed by atoms with Gasteiger partial charge >= 0.3 is 0 Å². The number of ether oxygens (including phenoxy) is 2. The maximum absolute atomic E-state index is 13.1. The summed E-state index contributed by atoms with van der Waals surface area (Å²) >= 11 is 7.81. The summed E-state index contributed by atoms with van der Waals surface area (Å²) in [6, 6.07) is 6.15. The van der Waals surface area contributed by atoms with Crippen LogP contribution in [0.3, 0.4) is 0 Å². The molecule has 8 heteroatoms. The molecule has 1 amide bonds. The summed E-state index contributed by atoms with van der Waals surface area (Å²) in [5.41, 5.74) is 1.26. The fourth-order valence-corrected chi connectivity index (χ4v) is 5.35. The predicted molar refractivity (Wildman–Crippen MR) is 120 cm³/mol. The molecule has 1 aromatic carbocycles. The number of nitrogens with zero attached hydrogens (tertiary/aromatic N) is 1. The lowest BCUT2D eigenvalue weighted by molar-refractivity contribution is -0.140. The van der Waals surface area contributed by atoms with E-state index >= 15 is 0 Å². The van der Waals surface area contributed by atoms with Crippen LogP contribution >= 0.6 is 22.9 Å². The summed E-state index contributed by atoms with van der Waals surface area (Å²) in [6.45, 7) is 5.18. The van der Waals surface area contributed by atoms with Gasteiger partial charge in [-0.2, -0.15) is 0 Å². The number of hydrogen-bond acceptors (Lipinski definition) is 6. The number of rotatable bonds is 6. The van der Waals surface area contributed by atoms with Crippen LogP contribution in [0.25, 0.3) is 5.76 Å². The largest absolute Gasteiger partial charge is 0.507 e. The normalized spacial score (nSPS) is 23.0. The lowest BCUT2D eigenvalue weighted by atomic mass is 9.98.